The quantitative estimate of drug-likeness (QED) is 0.828. The lowest BCUT2D eigenvalue weighted by Gasteiger charge is -2.21. The van der Waals surface area contributed by atoms with Crippen molar-refractivity contribution in [3.05, 3.63) is 46.3 Å². The Morgan fingerprint density at radius 1 is 1.41 bits per heavy atom. The van der Waals surface area contributed by atoms with Gasteiger partial charge in [-0.2, -0.15) is 5.26 Å². The van der Waals surface area contributed by atoms with Gasteiger partial charge >= 0.3 is 0 Å². The molecule has 0 aliphatic rings. The first-order valence-electron chi connectivity index (χ1n) is 5.47. The molecule has 0 saturated heterocycles. The molecule has 0 saturated carbocycles. The molecule has 0 amide bonds. The van der Waals surface area contributed by atoms with Gasteiger partial charge in [-0.15, -0.1) is 11.3 Å². The van der Waals surface area contributed by atoms with E-state index in [1.165, 1.54) is 4.88 Å². The number of thiophene rings is 1. The Kier molecular flexibility index (Phi) is 3.73. The van der Waals surface area contributed by atoms with E-state index in [4.69, 9.17) is 5.26 Å². The highest BCUT2D eigenvalue weighted by atomic mass is 32.1. The Labute approximate surface area is 105 Å². The average Bonchev–Trinajstić information content (AvgIpc) is 2.89. The van der Waals surface area contributed by atoms with Crippen LogP contribution in [0.1, 0.15) is 17.4 Å². The first kappa shape index (κ1) is 11.6. The molecule has 0 atom stereocenters. The summed E-state index contributed by atoms with van der Waals surface area (Å²) in [4.78, 5) is 7.70. The molecule has 2 aromatic heterocycles. The first-order chi connectivity index (χ1) is 8.35. The lowest BCUT2D eigenvalue weighted by atomic mass is 10.2. The topological polar surface area (TPSA) is 39.9 Å². The number of anilines is 1. The summed E-state index contributed by atoms with van der Waals surface area (Å²) in [7, 11) is 0. The molecule has 0 fully saturated rings. The third-order valence-corrected chi connectivity index (χ3v) is 3.38. The van der Waals surface area contributed by atoms with Gasteiger partial charge in [-0.25, -0.2) is 4.98 Å². The van der Waals surface area contributed by atoms with Crippen LogP contribution >= 0.6 is 11.3 Å². The molecule has 0 bridgehead atoms. The highest BCUT2D eigenvalue weighted by Crippen LogP contribution is 2.20. The number of hydrogen-bond donors (Lipinski definition) is 0. The number of rotatable bonds is 4. The Hall–Kier alpha value is -1.86. The molecule has 3 nitrogen and oxygen atoms in total. The summed E-state index contributed by atoms with van der Waals surface area (Å²) < 4.78 is 0. The van der Waals surface area contributed by atoms with E-state index >= 15 is 0 Å². The van der Waals surface area contributed by atoms with Gasteiger partial charge in [-0.1, -0.05) is 6.07 Å². The van der Waals surface area contributed by atoms with Crippen molar-refractivity contribution in [3.63, 3.8) is 0 Å². The molecule has 0 radical (unpaired) electrons. The Balaban J connectivity index is 2.26. The van der Waals surface area contributed by atoms with Gasteiger partial charge in [-0.3, -0.25) is 0 Å². The fourth-order valence-corrected chi connectivity index (χ4v) is 2.38. The average molecular weight is 243 g/mol. The summed E-state index contributed by atoms with van der Waals surface area (Å²) in [6, 6.07) is 9.93. The zero-order valence-corrected chi connectivity index (χ0v) is 10.4. The lowest BCUT2D eigenvalue weighted by molar-refractivity contribution is 0.821. The molecule has 2 rings (SSSR count). The molecule has 2 aromatic rings. The second-order valence-electron chi connectivity index (χ2n) is 3.58. The smallest absolute Gasteiger partial charge is 0.146 e. The predicted octanol–water partition coefficient (Wildman–Crippen LogP) is 3.04. The number of pyridine rings is 1. The molecular formula is C13H13N3S. The molecule has 4 heteroatoms. The van der Waals surface area contributed by atoms with Crippen LogP contribution in [0.2, 0.25) is 0 Å². The maximum absolute atomic E-state index is 9.07. The second-order valence-corrected chi connectivity index (χ2v) is 4.61. The van der Waals surface area contributed by atoms with Crippen molar-refractivity contribution >= 4 is 17.2 Å². The van der Waals surface area contributed by atoms with Crippen molar-refractivity contribution in [2.45, 2.75) is 13.5 Å². The SMILES string of the molecule is CCN(Cc1cccs1)c1ncccc1C#N. The van der Waals surface area contributed by atoms with Gasteiger partial charge < -0.3 is 4.90 Å². The molecule has 0 aliphatic carbocycles. The summed E-state index contributed by atoms with van der Waals surface area (Å²) in [5.74, 6) is 0.769. The van der Waals surface area contributed by atoms with E-state index in [1.54, 1.807) is 29.7 Å². The second kappa shape index (κ2) is 5.46. The molecule has 0 N–H and O–H groups in total. The molecule has 0 spiro atoms. The van der Waals surface area contributed by atoms with E-state index in [1.807, 2.05) is 6.07 Å². The summed E-state index contributed by atoms with van der Waals surface area (Å²) >= 11 is 1.72. The molecule has 86 valence electrons. The fourth-order valence-electron chi connectivity index (χ4n) is 1.66. The van der Waals surface area contributed by atoms with Crippen LogP contribution in [-0.4, -0.2) is 11.5 Å². The van der Waals surface area contributed by atoms with Gasteiger partial charge in [-0.05, 0) is 30.5 Å². The van der Waals surface area contributed by atoms with Gasteiger partial charge in [0.25, 0.3) is 0 Å². The van der Waals surface area contributed by atoms with Crippen molar-refractivity contribution in [1.82, 2.24) is 4.98 Å². The highest BCUT2D eigenvalue weighted by Gasteiger charge is 2.11. The molecular weight excluding hydrogens is 230 g/mol. The van der Waals surface area contributed by atoms with Crippen LogP contribution in [0.15, 0.2) is 35.8 Å². The fraction of sp³-hybridized carbons (Fsp3) is 0.231. The third kappa shape index (κ3) is 2.63. The van der Waals surface area contributed by atoms with Crippen molar-refractivity contribution in [2.75, 3.05) is 11.4 Å². The summed E-state index contributed by atoms with van der Waals surface area (Å²) in [6.45, 7) is 3.72. The molecule has 0 aromatic carbocycles. The third-order valence-electron chi connectivity index (χ3n) is 2.52. The van der Waals surface area contributed by atoms with Gasteiger partial charge in [0.15, 0.2) is 0 Å². The lowest BCUT2D eigenvalue weighted by Crippen LogP contribution is -2.23. The first-order valence-corrected chi connectivity index (χ1v) is 6.35. The van der Waals surface area contributed by atoms with Crippen LogP contribution in [0.25, 0.3) is 0 Å². The van der Waals surface area contributed by atoms with E-state index in [0.717, 1.165) is 18.9 Å². The number of nitriles is 1. The standard InChI is InChI=1S/C13H13N3S/c1-2-16(10-12-6-4-8-17-12)13-11(9-14)5-3-7-15-13/h3-8H,2,10H2,1H3. The van der Waals surface area contributed by atoms with Gasteiger partial charge in [0.05, 0.1) is 12.1 Å². The maximum Gasteiger partial charge on any atom is 0.146 e. The van der Waals surface area contributed by atoms with E-state index in [2.05, 4.69) is 34.3 Å². The van der Waals surface area contributed by atoms with Crippen molar-refractivity contribution < 1.29 is 0 Å². The zero-order chi connectivity index (χ0) is 12.1. The minimum Gasteiger partial charge on any atom is -0.351 e. The van der Waals surface area contributed by atoms with Crippen LogP contribution in [0, 0.1) is 11.3 Å². The normalized spacial score (nSPS) is 9.88. The molecule has 2 heterocycles. The molecule has 0 unspecified atom stereocenters. The predicted molar refractivity (Wildman–Crippen MR) is 70.0 cm³/mol. The van der Waals surface area contributed by atoms with E-state index in [0.29, 0.717) is 5.56 Å². The van der Waals surface area contributed by atoms with Crippen LogP contribution < -0.4 is 4.90 Å². The summed E-state index contributed by atoms with van der Waals surface area (Å²) in [5, 5.41) is 11.1. The zero-order valence-electron chi connectivity index (χ0n) is 9.63. The minimum absolute atomic E-state index is 0.630. The summed E-state index contributed by atoms with van der Waals surface area (Å²) in [5.41, 5.74) is 0.630. The largest absolute Gasteiger partial charge is 0.351 e. The molecule has 0 aliphatic heterocycles. The highest BCUT2D eigenvalue weighted by molar-refractivity contribution is 7.09. The van der Waals surface area contributed by atoms with E-state index in [9.17, 15) is 0 Å². The van der Waals surface area contributed by atoms with Crippen molar-refractivity contribution in [3.8, 4) is 6.07 Å². The van der Waals surface area contributed by atoms with Gasteiger partial charge in [0.1, 0.15) is 11.9 Å². The van der Waals surface area contributed by atoms with Crippen molar-refractivity contribution in [2.24, 2.45) is 0 Å². The van der Waals surface area contributed by atoms with E-state index < -0.39 is 0 Å². The maximum atomic E-state index is 9.07. The van der Waals surface area contributed by atoms with Crippen LogP contribution in [0.4, 0.5) is 5.82 Å². The van der Waals surface area contributed by atoms with Gasteiger partial charge in [0.2, 0.25) is 0 Å². The number of aromatic nitrogens is 1. The Morgan fingerprint density at radius 3 is 2.94 bits per heavy atom. The summed E-state index contributed by atoms with van der Waals surface area (Å²) in [6.07, 6.45) is 1.73. The minimum atomic E-state index is 0.630. The van der Waals surface area contributed by atoms with Crippen molar-refractivity contribution in [1.29, 1.82) is 5.26 Å². The van der Waals surface area contributed by atoms with Crippen LogP contribution in [0.5, 0.6) is 0 Å². The van der Waals surface area contributed by atoms with Gasteiger partial charge in [0, 0.05) is 17.6 Å². The number of hydrogen-bond acceptors (Lipinski definition) is 4. The molecule has 17 heavy (non-hydrogen) atoms. The van der Waals surface area contributed by atoms with E-state index in [-0.39, 0.29) is 0 Å². The van der Waals surface area contributed by atoms with Crippen LogP contribution in [0.3, 0.4) is 0 Å². The monoisotopic (exact) mass is 243 g/mol. The number of nitrogens with zero attached hydrogens (tertiary/aromatic N) is 3. The van der Waals surface area contributed by atoms with Crippen LogP contribution in [-0.2, 0) is 6.54 Å². The Bertz CT molecular complexity index is 514. The Morgan fingerprint density at radius 2 is 2.29 bits per heavy atom.